The molecular formula is C22H22N4O2. The van der Waals surface area contributed by atoms with Gasteiger partial charge in [0.05, 0.1) is 11.7 Å². The van der Waals surface area contributed by atoms with Gasteiger partial charge in [-0.2, -0.15) is 0 Å². The molecule has 6 heteroatoms. The third-order valence-corrected chi connectivity index (χ3v) is 4.46. The van der Waals surface area contributed by atoms with Crippen LogP contribution in [0.15, 0.2) is 79.0 Å². The summed E-state index contributed by atoms with van der Waals surface area (Å²) in [5.41, 5.74) is 8.29. The van der Waals surface area contributed by atoms with Crippen molar-refractivity contribution in [1.29, 1.82) is 0 Å². The molecule has 1 heterocycles. The number of nitrogens with zero attached hydrogens (tertiary/aromatic N) is 2. The van der Waals surface area contributed by atoms with Gasteiger partial charge in [0.1, 0.15) is 0 Å². The summed E-state index contributed by atoms with van der Waals surface area (Å²) < 4.78 is 0. The smallest absolute Gasteiger partial charge is 0.312 e. The Morgan fingerprint density at radius 2 is 1.68 bits per heavy atom. The molecule has 142 valence electrons. The molecular weight excluding hydrogens is 352 g/mol. The first-order valence-corrected chi connectivity index (χ1v) is 8.91. The van der Waals surface area contributed by atoms with E-state index < -0.39 is 6.03 Å². The Hall–Kier alpha value is -3.67. The predicted octanol–water partition coefficient (Wildman–Crippen LogP) is 3.11. The average molecular weight is 374 g/mol. The van der Waals surface area contributed by atoms with Crippen LogP contribution >= 0.6 is 0 Å². The van der Waals surface area contributed by atoms with Crippen molar-refractivity contribution in [1.82, 2.24) is 15.2 Å². The van der Waals surface area contributed by atoms with E-state index in [0.717, 1.165) is 16.8 Å². The van der Waals surface area contributed by atoms with Crippen LogP contribution in [0.1, 0.15) is 33.2 Å². The molecule has 3 N–H and O–H groups in total. The second-order valence-electron chi connectivity index (χ2n) is 6.40. The summed E-state index contributed by atoms with van der Waals surface area (Å²) in [6.07, 6.45) is 1.73. The van der Waals surface area contributed by atoms with Crippen molar-refractivity contribution in [2.75, 3.05) is 7.05 Å². The fraction of sp³-hybridized carbons (Fsp3) is 0.136. The molecule has 6 nitrogen and oxygen atoms in total. The number of aromatic nitrogens is 1. The van der Waals surface area contributed by atoms with Crippen molar-refractivity contribution >= 4 is 11.9 Å². The number of amides is 3. The van der Waals surface area contributed by atoms with Crippen LogP contribution in [0.5, 0.6) is 0 Å². The van der Waals surface area contributed by atoms with Gasteiger partial charge in [-0.05, 0) is 35.4 Å². The van der Waals surface area contributed by atoms with E-state index in [-0.39, 0.29) is 11.9 Å². The largest absolute Gasteiger partial charge is 0.352 e. The minimum atomic E-state index is -0.582. The van der Waals surface area contributed by atoms with Gasteiger partial charge in [-0.1, -0.05) is 48.5 Å². The Bertz CT molecular complexity index is 888. The minimum Gasteiger partial charge on any atom is -0.352 e. The van der Waals surface area contributed by atoms with Crippen LogP contribution in [-0.4, -0.2) is 28.9 Å². The Labute approximate surface area is 164 Å². The molecule has 0 radical (unpaired) electrons. The van der Waals surface area contributed by atoms with E-state index in [0.29, 0.717) is 12.1 Å². The van der Waals surface area contributed by atoms with Crippen LogP contribution in [0.2, 0.25) is 0 Å². The van der Waals surface area contributed by atoms with Crippen LogP contribution in [0.3, 0.4) is 0 Å². The van der Waals surface area contributed by atoms with E-state index in [4.69, 9.17) is 5.73 Å². The summed E-state index contributed by atoms with van der Waals surface area (Å²) in [6, 6.07) is 21.7. The normalized spacial score (nSPS) is 11.5. The van der Waals surface area contributed by atoms with Crippen molar-refractivity contribution in [3.8, 4) is 0 Å². The Morgan fingerprint density at radius 3 is 2.29 bits per heavy atom. The monoisotopic (exact) mass is 374 g/mol. The molecule has 1 atom stereocenters. The molecule has 3 rings (SSSR count). The molecule has 0 bridgehead atoms. The summed E-state index contributed by atoms with van der Waals surface area (Å²) in [6.45, 7) is 0.320. The number of rotatable bonds is 6. The van der Waals surface area contributed by atoms with E-state index in [1.54, 1.807) is 42.4 Å². The Balaban J connectivity index is 1.85. The molecule has 0 aliphatic carbocycles. The van der Waals surface area contributed by atoms with Crippen molar-refractivity contribution in [3.05, 3.63) is 101 Å². The number of primary amides is 1. The standard InChI is InChI=1S/C22H22N4O2/c1-26(21(27)18-12-10-16(11-13-18)15-25-22(23)28)20(17-7-3-2-4-8-17)19-9-5-6-14-24-19/h2-14,20H,15H2,1H3,(H3,23,25,28). The second kappa shape index (κ2) is 8.81. The first-order chi connectivity index (χ1) is 13.6. The predicted molar refractivity (Wildman–Crippen MR) is 107 cm³/mol. The lowest BCUT2D eigenvalue weighted by Crippen LogP contribution is -2.32. The van der Waals surface area contributed by atoms with Crippen molar-refractivity contribution in [3.63, 3.8) is 0 Å². The van der Waals surface area contributed by atoms with Crippen molar-refractivity contribution in [2.45, 2.75) is 12.6 Å². The molecule has 28 heavy (non-hydrogen) atoms. The SMILES string of the molecule is CN(C(=O)c1ccc(CNC(N)=O)cc1)C(c1ccccc1)c1ccccn1. The summed E-state index contributed by atoms with van der Waals surface area (Å²) in [7, 11) is 1.78. The van der Waals surface area contributed by atoms with E-state index in [9.17, 15) is 9.59 Å². The first-order valence-electron chi connectivity index (χ1n) is 8.91. The highest BCUT2D eigenvalue weighted by Crippen LogP contribution is 2.27. The lowest BCUT2D eigenvalue weighted by atomic mass is 10.0. The van der Waals surface area contributed by atoms with E-state index in [1.165, 1.54) is 0 Å². The van der Waals surface area contributed by atoms with Crippen LogP contribution in [0.25, 0.3) is 0 Å². The summed E-state index contributed by atoms with van der Waals surface area (Å²) >= 11 is 0. The second-order valence-corrected chi connectivity index (χ2v) is 6.40. The van der Waals surface area contributed by atoms with Gasteiger partial charge in [0.25, 0.3) is 5.91 Å². The number of carbonyl (C=O) groups is 2. The molecule has 0 saturated heterocycles. The fourth-order valence-electron chi connectivity index (χ4n) is 3.04. The van der Waals surface area contributed by atoms with Crippen molar-refractivity contribution < 1.29 is 9.59 Å². The molecule has 1 aromatic heterocycles. The summed E-state index contributed by atoms with van der Waals surface area (Å²) in [4.78, 5) is 30.1. The van der Waals surface area contributed by atoms with Crippen LogP contribution in [0.4, 0.5) is 4.79 Å². The highest BCUT2D eigenvalue weighted by Gasteiger charge is 2.25. The lowest BCUT2D eigenvalue weighted by molar-refractivity contribution is 0.0752. The topological polar surface area (TPSA) is 88.3 Å². The number of pyridine rings is 1. The van der Waals surface area contributed by atoms with E-state index in [2.05, 4.69) is 10.3 Å². The van der Waals surface area contributed by atoms with Crippen LogP contribution in [-0.2, 0) is 6.54 Å². The molecule has 1 unspecified atom stereocenters. The zero-order chi connectivity index (χ0) is 19.9. The zero-order valence-electron chi connectivity index (χ0n) is 15.6. The molecule has 3 amide bonds. The van der Waals surface area contributed by atoms with Gasteiger partial charge >= 0.3 is 6.03 Å². The van der Waals surface area contributed by atoms with E-state index in [1.807, 2.05) is 48.5 Å². The maximum atomic E-state index is 13.1. The van der Waals surface area contributed by atoms with Gasteiger partial charge < -0.3 is 16.0 Å². The minimum absolute atomic E-state index is 0.117. The lowest BCUT2D eigenvalue weighted by Gasteiger charge is -2.28. The van der Waals surface area contributed by atoms with Crippen LogP contribution in [0, 0.1) is 0 Å². The van der Waals surface area contributed by atoms with Gasteiger partial charge in [0, 0.05) is 25.4 Å². The van der Waals surface area contributed by atoms with Gasteiger partial charge in [-0.25, -0.2) is 4.79 Å². The fourth-order valence-corrected chi connectivity index (χ4v) is 3.04. The summed E-state index contributed by atoms with van der Waals surface area (Å²) in [5.74, 6) is -0.117. The van der Waals surface area contributed by atoms with E-state index >= 15 is 0 Å². The quantitative estimate of drug-likeness (QED) is 0.695. The number of hydrogen-bond donors (Lipinski definition) is 2. The molecule has 0 saturated carbocycles. The molecule has 0 aliphatic heterocycles. The molecule has 0 aliphatic rings. The third-order valence-electron chi connectivity index (χ3n) is 4.46. The number of nitrogens with one attached hydrogen (secondary N) is 1. The highest BCUT2D eigenvalue weighted by atomic mass is 16.2. The van der Waals surface area contributed by atoms with Gasteiger partial charge in [-0.3, -0.25) is 9.78 Å². The number of benzene rings is 2. The maximum Gasteiger partial charge on any atom is 0.312 e. The maximum absolute atomic E-state index is 13.1. The van der Waals surface area contributed by atoms with Crippen LogP contribution < -0.4 is 11.1 Å². The number of carbonyl (C=O) groups excluding carboxylic acids is 2. The third kappa shape index (κ3) is 4.54. The Kier molecular flexibility index (Phi) is 6.01. The summed E-state index contributed by atoms with van der Waals surface area (Å²) in [5, 5.41) is 2.53. The number of urea groups is 1. The van der Waals surface area contributed by atoms with Gasteiger partial charge in [-0.15, -0.1) is 0 Å². The van der Waals surface area contributed by atoms with Gasteiger partial charge in [0.2, 0.25) is 0 Å². The molecule has 3 aromatic rings. The average Bonchev–Trinajstić information content (AvgIpc) is 2.74. The molecule has 2 aromatic carbocycles. The number of hydrogen-bond acceptors (Lipinski definition) is 3. The Morgan fingerprint density at radius 1 is 1.00 bits per heavy atom. The van der Waals surface area contributed by atoms with Crippen molar-refractivity contribution in [2.24, 2.45) is 5.73 Å². The van der Waals surface area contributed by atoms with Gasteiger partial charge in [0.15, 0.2) is 0 Å². The molecule has 0 fully saturated rings. The first kappa shape index (κ1) is 19.1. The molecule has 0 spiro atoms. The number of nitrogens with two attached hydrogens (primary N) is 1. The highest BCUT2D eigenvalue weighted by molar-refractivity contribution is 5.94. The zero-order valence-corrected chi connectivity index (χ0v) is 15.6.